The van der Waals surface area contributed by atoms with Crippen molar-refractivity contribution in [3.8, 4) is 5.75 Å². The number of amides is 1. The Balaban J connectivity index is 1.63. The highest BCUT2D eigenvalue weighted by molar-refractivity contribution is 7.99. The van der Waals surface area contributed by atoms with Crippen molar-refractivity contribution in [2.45, 2.75) is 26.5 Å². The first-order valence-electron chi connectivity index (χ1n) is 8.15. The lowest BCUT2D eigenvalue weighted by atomic mass is 10.1. The molecule has 24 heavy (non-hydrogen) atoms. The summed E-state index contributed by atoms with van der Waals surface area (Å²) in [5.41, 5.74) is 4.84. The normalized spacial score (nSPS) is 10.5. The molecule has 0 bridgehead atoms. The molecule has 4 heteroatoms. The van der Waals surface area contributed by atoms with Gasteiger partial charge >= 0.3 is 0 Å². The first-order chi connectivity index (χ1) is 11.6. The SMILES string of the molecule is Cc1ccc(C)c(OCCNC(=O)CSCc2ccccc2C)c1. The molecule has 1 amide bonds. The fraction of sp³-hybridized carbons (Fsp3) is 0.350. The third kappa shape index (κ3) is 5.93. The van der Waals surface area contributed by atoms with Gasteiger partial charge in [-0.05, 0) is 49.1 Å². The summed E-state index contributed by atoms with van der Waals surface area (Å²) >= 11 is 1.63. The van der Waals surface area contributed by atoms with E-state index < -0.39 is 0 Å². The van der Waals surface area contributed by atoms with Gasteiger partial charge in [0.1, 0.15) is 12.4 Å². The molecule has 2 rings (SSSR count). The standard InChI is InChI=1S/C20H25NO2S/c1-15-8-9-17(3)19(12-15)23-11-10-21-20(22)14-24-13-18-7-5-4-6-16(18)2/h4-9,12H,10-11,13-14H2,1-3H3,(H,21,22). The van der Waals surface area contributed by atoms with E-state index in [2.05, 4.69) is 30.4 Å². The molecule has 0 atom stereocenters. The van der Waals surface area contributed by atoms with E-state index in [9.17, 15) is 4.79 Å². The van der Waals surface area contributed by atoms with Crippen molar-refractivity contribution in [2.75, 3.05) is 18.9 Å². The van der Waals surface area contributed by atoms with Gasteiger partial charge in [0.2, 0.25) is 5.91 Å². The number of ether oxygens (including phenoxy) is 1. The number of carbonyl (C=O) groups excluding carboxylic acids is 1. The molecule has 0 aliphatic carbocycles. The van der Waals surface area contributed by atoms with Crippen molar-refractivity contribution >= 4 is 17.7 Å². The Kier molecular flexibility index (Phi) is 7.19. The molecule has 0 saturated heterocycles. The summed E-state index contributed by atoms with van der Waals surface area (Å²) in [7, 11) is 0. The summed E-state index contributed by atoms with van der Waals surface area (Å²) in [5, 5.41) is 2.90. The Morgan fingerprint density at radius 1 is 1.08 bits per heavy atom. The van der Waals surface area contributed by atoms with Gasteiger partial charge in [-0.1, -0.05) is 36.4 Å². The summed E-state index contributed by atoms with van der Waals surface area (Å²) in [6, 6.07) is 14.4. The average molecular weight is 343 g/mol. The molecule has 0 aliphatic rings. The Morgan fingerprint density at radius 2 is 1.88 bits per heavy atom. The highest BCUT2D eigenvalue weighted by Gasteiger charge is 2.04. The fourth-order valence-corrected chi connectivity index (χ4v) is 3.22. The Hall–Kier alpha value is -1.94. The molecule has 0 spiro atoms. The molecule has 0 unspecified atom stereocenters. The largest absolute Gasteiger partial charge is 0.491 e. The maximum absolute atomic E-state index is 11.9. The number of thioether (sulfide) groups is 1. The molecule has 0 fully saturated rings. The molecule has 0 aliphatic heterocycles. The predicted octanol–water partition coefficient (Wildman–Crippen LogP) is 4.04. The quantitative estimate of drug-likeness (QED) is 0.735. The van der Waals surface area contributed by atoms with E-state index in [4.69, 9.17) is 4.74 Å². The molecule has 128 valence electrons. The Morgan fingerprint density at radius 3 is 2.67 bits per heavy atom. The van der Waals surface area contributed by atoms with E-state index in [1.807, 2.05) is 38.1 Å². The van der Waals surface area contributed by atoms with Gasteiger partial charge in [0.15, 0.2) is 0 Å². The van der Waals surface area contributed by atoms with Crippen LogP contribution in [-0.2, 0) is 10.5 Å². The number of aryl methyl sites for hydroxylation is 3. The van der Waals surface area contributed by atoms with E-state index in [0.717, 1.165) is 17.1 Å². The van der Waals surface area contributed by atoms with Crippen molar-refractivity contribution in [1.82, 2.24) is 5.32 Å². The first-order valence-corrected chi connectivity index (χ1v) is 9.31. The summed E-state index contributed by atoms with van der Waals surface area (Å²) in [5.74, 6) is 2.27. The molecule has 1 N–H and O–H groups in total. The molecule has 2 aromatic carbocycles. The lowest BCUT2D eigenvalue weighted by molar-refractivity contribution is -0.118. The van der Waals surface area contributed by atoms with Gasteiger partial charge in [0.25, 0.3) is 0 Å². The van der Waals surface area contributed by atoms with Crippen LogP contribution in [0.15, 0.2) is 42.5 Å². The van der Waals surface area contributed by atoms with Crippen LogP contribution in [-0.4, -0.2) is 24.8 Å². The van der Waals surface area contributed by atoms with Crippen molar-refractivity contribution in [2.24, 2.45) is 0 Å². The molecule has 0 aromatic heterocycles. The minimum atomic E-state index is 0.0538. The Bertz CT molecular complexity index is 685. The summed E-state index contributed by atoms with van der Waals surface area (Å²) < 4.78 is 5.74. The summed E-state index contributed by atoms with van der Waals surface area (Å²) in [4.78, 5) is 11.9. The molecular formula is C20H25NO2S. The van der Waals surface area contributed by atoms with Crippen LogP contribution < -0.4 is 10.1 Å². The second-order valence-corrected chi connectivity index (χ2v) is 6.87. The number of hydrogen-bond acceptors (Lipinski definition) is 3. The maximum atomic E-state index is 11.9. The Labute approximate surface area is 148 Å². The average Bonchev–Trinajstić information content (AvgIpc) is 2.56. The van der Waals surface area contributed by atoms with E-state index >= 15 is 0 Å². The van der Waals surface area contributed by atoms with E-state index in [0.29, 0.717) is 18.9 Å². The zero-order chi connectivity index (χ0) is 17.4. The minimum absolute atomic E-state index is 0.0538. The van der Waals surface area contributed by atoms with Crippen LogP contribution in [0.3, 0.4) is 0 Å². The lowest BCUT2D eigenvalue weighted by Gasteiger charge is -2.11. The number of rotatable bonds is 8. The van der Waals surface area contributed by atoms with Gasteiger partial charge in [-0.25, -0.2) is 0 Å². The van der Waals surface area contributed by atoms with Gasteiger partial charge in [0.05, 0.1) is 12.3 Å². The zero-order valence-corrected chi connectivity index (χ0v) is 15.4. The topological polar surface area (TPSA) is 38.3 Å². The highest BCUT2D eigenvalue weighted by atomic mass is 32.2. The van der Waals surface area contributed by atoms with Gasteiger partial charge in [-0.3, -0.25) is 4.79 Å². The molecule has 0 saturated carbocycles. The number of hydrogen-bond donors (Lipinski definition) is 1. The van der Waals surface area contributed by atoms with E-state index in [-0.39, 0.29) is 5.91 Å². The van der Waals surface area contributed by atoms with E-state index in [1.165, 1.54) is 16.7 Å². The van der Waals surface area contributed by atoms with Crippen LogP contribution in [0.4, 0.5) is 0 Å². The van der Waals surface area contributed by atoms with Crippen molar-refractivity contribution in [1.29, 1.82) is 0 Å². The highest BCUT2D eigenvalue weighted by Crippen LogP contribution is 2.18. The molecule has 2 aromatic rings. The van der Waals surface area contributed by atoms with Crippen LogP contribution >= 0.6 is 11.8 Å². The number of benzene rings is 2. The van der Waals surface area contributed by atoms with E-state index in [1.54, 1.807) is 11.8 Å². The maximum Gasteiger partial charge on any atom is 0.230 e. The second-order valence-electron chi connectivity index (χ2n) is 5.89. The van der Waals surface area contributed by atoms with Crippen molar-refractivity contribution in [3.05, 3.63) is 64.7 Å². The van der Waals surface area contributed by atoms with Crippen molar-refractivity contribution in [3.63, 3.8) is 0 Å². The monoisotopic (exact) mass is 343 g/mol. The van der Waals surface area contributed by atoms with Gasteiger partial charge in [-0.15, -0.1) is 11.8 Å². The third-order valence-electron chi connectivity index (χ3n) is 3.78. The van der Waals surface area contributed by atoms with Gasteiger partial charge in [-0.2, -0.15) is 0 Å². The molecule has 3 nitrogen and oxygen atoms in total. The number of carbonyl (C=O) groups is 1. The molecule has 0 radical (unpaired) electrons. The third-order valence-corrected chi connectivity index (χ3v) is 4.76. The zero-order valence-electron chi connectivity index (χ0n) is 14.6. The van der Waals surface area contributed by atoms with Crippen LogP contribution in [0.1, 0.15) is 22.3 Å². The lowest BCUT2D eigenvalue weighted by Crippen LogP contribution is -2.29. The fourth-order valence-electron chi connectivity index (χ4n) is 2.29. The first kappa shape index (κ1) is 18.4. The van der Waals surface area contributed by atoms with Gasteiger partial charge in [0, 0.05) is 5.75 Å². The summed E-state index contributed by atoms with van der Waals surface area (Å²) in [6.07, 6.45) is 0. The summed E-state index contributed by atoms with van der Waals surface area (Å²) in [6.45, 7) is 7.17. The predicted molar refractivity (Wildman–Crippen MR) is 102 cm³/mol. The second kappa shape index (κ2) is 9.38. The smallest absolute Gasteiger partial charge is 0.230 e. The van der Waals surface area contributed by atoms with Crippen LogP contribution in [0.25, 0.3) is 0 Å². The van der Waals surface area contributed by atoms with Gasteiger partial charge < -0.3 is 10.1 Å². The minimum Gasteiger partial charge on any atom is -0.491 e. The molecule has 0 heterocycles. The number of nitrogens with one attached hydrogen (secondary N) is 1. The van der Waals surface area contributed by atoms with Crippen LogP contribution in [0.2, 0.25) is 0 Å². The van der Waals surface area contributed by atoms with Crippen LogP contribution in [0, 0.1) is 20.8 Å². The molecular weight excluding hydrogens is 318 g/mol. The van der Waals surface area contributed by atoms with Crippen molar-refractivity contribution < 1.29 is 9.53 Å². The van der Waals surface area contributed by atoms with Crippen LogP contribution in [0.5, 0.6) is 5.75 Å².